The number of hydrogen-bond acceptors (Lipinski definition) is 1. The van der Waals surface area contributed by atoms with Crippen molar-refractivity contribution >= 4 is 0 Å². The van der Waals surface area contributed by atoms with Gasteiger partial charge >= 0.3 is 6.18 Å². The normalized spacial score (nSPS) is 13.8. The molecule has 0 aliphatic heterocycles. The zero-order valence-electron chi connectivity index (χ0n) is 8.90. The molecule has 0 spiro atoms. The minimum absolute atomic E-state index is 0.0418. The lowest BCUT2D eigenvalue weighted by Gasteiger charge is -2.13. The maximum absolute atomic E-state index is 13.2. The number of halogens is 5. The summed E-state index contributed by atoms with van der Waals surface area (Å²) in [4.78, 5) is 0. The quantitative estimate of drug-likeness (QED) is 0.813. The van der Waals surface area contributed by atoms with Crippen molar-refractivity contribution in [1.82, 2.24) is 0 Å². The molecule has 1 nitrogen and oxygen atoms in total. The second-order valence-electron chi connectivity index (χ2n) is 3.76. The summed E-state index contributed by atoms with van der Waals surface area (Å²) in [7, 11) is 0. The van der Waals surface area contributed by atoms with Crippen LogP contribution in [-0.2, 0) is 0 Å². The second-order valence-corrected chi connectivity index (χ2v) is 3.76. The zero-order chi connectivity index (χ0) is 13.1. The van der Waals surface area contributed by atoms with E-state index in [0.717, 1.165) is 6.07 Å². The fourth-order valence-electron chi connectivity index (χ4n) is 1.48. The van der Waals surface area contributed by atoms with E-state index >= 15 is 0 Å². The number of nitrogens with two attached hydrogens (primary N) is 1. The molecule has 0 radical (unpaired) electrons. The van der Waals surface area contributed by atoms with Gasteiger partial charge < -0.3 is 5.73 Å². The molecule has 0 saturated heterocycles. The van der Waals surface area contributed by atoms with E-state index in [-0.39, 0.29) is 18.4 Å². The van der Waals surface area contributed by atoms with Gasteiger partial charge in [0.2, 0.25) is 0 Å². The van der Waals surface area contributed by atoms with E-state index < -0.39 is 30.3 Å². The Balaban J connectivity index is 2.58. The van der Waals surface area contributed by atoms with Gasteiger partial charge in [0.05, 0.1) is 0 Å². The van der Waals surface area contributed by atoms with Crippen molar-refractivity contribution in [3.05, 3.63) is 35.4 Å². The van der Waals surface area contributed by atoms with Crippen LogP contribution in [0.25, 0.3) is 0 Å². The Labute approximate surface area is 95.4 Å². The van der Waals surface area contributed by atoms with Crippen LogP contribution in [0.2, 0.25) is 0 Å². The summed E-state index contributed by atoms with van der Waals surface area (Å²) in [6.07, 6.45) is -5.47. The fraction of sp³-hybridized carbons (Fsp3) is 0.455. The van der Waals surface area contributed by atoms with Gasteiger partial charge in [-0.1, -0.05) is 12.1 Å². The van der Waals surface area contributed by atoms with E-state index in [0.29, 0.717) is 0 Å². The largest absolute Gasteiger partial charge is 0.389 e. The van der Waals surface area contributed by atoms with Gasteiger partial charge in [0.25, 0.3) is 0 Å². The summed E-state index contributed by atoms with van der Waals surface area (Å²) in [6.45, 7) is 0. The predicted molar refractivity (Wildman–Crippen MR) is 53.2 cm³/mol. The standard InChI is InChI=1S/C11H12F5N/c12-8-4-1-3-7(10(8)13)9(17)5-2-6-11(14,15)16/h1,3-4,9H,2,5-6,17H2. The van der Waals surface area contributed by atoms with E-state index in [9.17, 15) is 22.0 Å². The summed E-state index contributed by atoms with van der Waals surface area (Å²) in [5.41, 5.74) is 5.43. The molecule has 0 aromatic heterocycles. The average Bonchev–Trinajstić information content (AvgIpc) is 2.20. The van der Waals surface area contributed by atoms with E-state index in [4.69, 9.17) is 5.73 Å². The molecule has 17 heavy (non-hydrogen) atoms. The molecule has 1 rings (SSSR count). The molecular formula is C11H12F5N. The van der Waals surface area contributed by atoms with Crippen LogP contribution in [0.1, 0.15) is 30.9 Å². The number of alkyl halides is 3. The molecule has 0 aliphatic rings. The van der Waals surface area contributed by atoms with Crippen molar-refractivity contribution in [2.75, 3.05) is 0 Å². The van der Waals surface area contributed by atoms with Crippen LogP contribution in [0.4, 0.5) is 22.0 Å². The van der Waals surface area contributed by atoms with E-state index in [2.05, 4.69) is 0 Å². The molecule has 0 bridgehead atoms. The number of hydrogen-bond donors (Lipinski definition) is 1. The van der Waals surface area contributed by atoms with Crippen LogP contribution >= 0.6 is 0 Å². The molecule has 96 valence electrons. The van der Waals surface area contributed by atoms with Crippen LogP contribution < -0.4 is 5.73 Å². The van der Waals surface area contributed by atoms with Crippen LogP contribution in [0.15, 0.2) is 18.2 Å². The summed E-state index contributed by atoms with van der Waals surface area (Å²) < 4.78 is 61.7. The number of benzene rings is 1. The molecule has 0 heterocycles. The zero-order valence-corrected chi connectivity index (χ0v) is 8.90. The Morgan fingerprint density at radius 2 is 1.82 bits per heavy atom. The Bertz CT molecular complexity index is 375. The first-order chi connectivity index (χ1) is 7.81. The lowest BCUT2D eigenvalue weighted by atomic mass is 10.0. The first-order valence-corrected chi connectivity index (χ1v) is 5.07. The van der Waals surface area contributed by atoms with E-state index in [1.807, 2.05) is 0 Å². The molecule has 1 unspecified atom stereocenters. The van der Waals surface area contributed by atoms with Gasteiger partial charge in [0.15, 0.2) is 11.6 Å². The van der Waals surface area contributed by atoms with Gasteiger partial charge in [-0.25, -0.2) is 8.78 Å². The van der Waals surface area contributed by atoms with Crippen molar-refractivity contribution in [3.63, 3.8) is 0 Å². The first kappa shape index (κ1) is 13.9. The maximum atomic E-state index is 13.2. The first-order valence-electron chi connectivity index (χ1n) is 5.07. The van der Waals surface area contributed by atoms with Gasteiger partial charge in [-0.15, -0.1) is 0 Å². The minimum atomic E-state index is -4.25. The SMILES string of the molecule is NC(CCCC(F)(F)F)c1cccc(F)c1F. The monoisotopic (exact) mass is 253 g/mol. The van der Waals surface area contributed by atoms with Gasteiger partial charge in [-0.2, -0.15) is 13.2 Å². The molecular weight excluding hydrogens is 241 g/mol. The Morgan fingerprint density at radius 3 is 2.41 bits per heavy atom. The van der Waals surface area contributed by atoms with Crippen LogP contribution in [0.5, 0.6) is 0 Å². The summed E-state index contributed by atoms with van der Waals surface area (Å²) in [5, 5.41) is 0. The highest BCUT2D eigenvalue weighted by Crippen LogP contribution is 2.26. The highest BCUT2D eigenvalue weighted by molar-refractivity contribution is 5.22. The van der Waals surface area contributed by atoms with Crippen LogP contribution in [0.3, 0.4) is 0 Å². The molecule has 1 atom stereocenters. The third-order valence-corrected chi connectivity index (χ3v) is 2.36. The lowest BCUT2D eigenvalue weighted by molar-refractivity contribution is -0.135. The molecule has 1 aromatic carbocycles. The summed E-state index contributed by atoms with van der Waals surface area (Å²) in [6, 6.07) is 2.56. The van der Waals surface area contributed by atoms with Crippen molar-refractivity contribution in [2.45, 2.75) is 31.5 Å². The van der Waals surface area contributed by atoms with Crippen molar-refractivity contribution in [1.29, 1.82) is 0 Å². The fourth-order valence-corrected chi connectivity index (χ4v) is 1.48. The van der Waals surface area contributed by atoms with E-state index in [1.165, 1.54) is 12.1 Å². The maximum Gasteiger partial charge on any atom is 0.389 e. The Kier molecular flexibility index (Phi) is 4.45. The molecule has 0 aliphatic carbocycles. The highest BCUT2D eigenvalue weighted by atomic mass is 19.4. The predicted octanol–water partition coefficient (Wildman–Crippen LogP) is 3.70. The molecule has 0 saturated carbocycles. The van der Waals surface area contributed by atoms with Crippen molar-refractivity contribution in [3.8, 4) is 0 Å². The van der Waals surface area contributed by atoms with Crippen molar-refractivity contribution in [2.24, 2.45) is 5.73 Å². The topological polar surface area (TPSA) is 26.0 Å². The van der Waals surface area contributed by atoms with Gasteiger partial charge in [-0.3, -0.25) is 0 Å². The van der Waals surface area contributed by atoms with Crippen LogP contribution in [-0.4, -0.2) is 6.18 Å². The van der Waals surface area contributed by atoms with Gasteiger partial charge in [0.1, 0.15) is 0 Å². The van der Waals surface area contributed by atoms with Crippen LogP contribution in [0, 0.1) is 11.6 Å². The van der Waals surface area contributed by atoms with E-state index in [1.54, 1.807) is 0 Å². The molecule has 1 aromatic rings. The number of rotatable bonds is 4. The third kappa shape index (κ3) is 4.30. The lowest BCUT2D eigenvalue weighted by Crippen LogP contribution is -2.15. The second kappa shape index (κ2) is 5.44. The minimum Gasteiger partial charge on any atom is -0.324 e. The van der Waals surface area contributed by atoms with Gasteiger partial charge in [-0.05, 0) is 18.9 Å². The Morgan fingerprint density at radius 1 is 1.18 bits per heavy atom. The summed E-state index contributed by atoms with van der Waals surface area (Å²) in [5.74, 6) is -2.14. The average molecular weight is 253 g/mol. The van der Waals surface area contributed by atoms with Gasteiger partial charge in [0, 0.05) is 18.0 Å². The third-order valence-electron chi connectivity index (χ3n) is 2.36. The molecule has 0 amide bonds. The smallest absolute Gasteiger partial charge is 0.324 e. The molecule has 6 heteroatoms. The molecule has 0 fully saturated rings. The highest BCUT2D eigenvalue weighted by Gasteiger charge is 2.26. The summed E-state index contributed by atoms with van der Waals surface area (Å²) >= 11 is 0. The Hall–Kier alpha value is -1.17. The molecule has 2 N–H and O–H groups in total. The van der Waals surface area contributed by atoms with Crippen molar-refractivity contribution < 1.29 is 22.0 Å².